The lowest BCUT2D eigenvalue weighted by atomic mass is 10.1. The Morgan fingerprint density at radius 3 is 2.57 bits per heavy atom. The first-order valence-electron chi connectivity index (χ1n) is 7.60. The van der Waals surface area contributed by atoms with Crippen LogP contribution in [0.5, 0.6) is 5.75 Å². The molecule has 0 aliphatic heterocycles. The molecule has 2 N–H and O–H groups in total. The molecule has 112 valence electrons. The molecule has 0 unspecified atom stereocenters. The van der Waals surface area contributed by atoms with Gasteiger partial charge in [-0.2, -0.15) is 0 Å². The van der Waals surface area contributed by atoms with Crippen molar-refractivity contribution in [1.82, 2.24) is 5.32 Å². The van der Waals surface area contributed by atoms with Crippen molar-refractivity contribution in [3.63, 3.8) is 0 Å². The third-order valence-electron chi connectivity index (χ3n) is 3.21. The molecule has 2 aromatic carbocycles. The van der Waals surface area contributed by atoms with Crippen LogP contribution < -0.4 is 15.4 Å². The predicted molar refractivity (Wildman–Crippen MR) is 89.1 cm³/mol. The van der Waals surface area contributed by atoms with E-state index in [0.29, 0.717) is 6.61 Å². The third kappa shape index (κ3) is 5.88. The Kier molecular flexibility index (Phi) is 6.62. The second-order valence-corrected chi connectivity index (χ2v) is 4.87. The van der Waals surface area contributed by atoms with Crippen LogP contribution in [0.3, 0.4) is 0 Å². The molecule has 0 fully saturated rings. The summed E-state index contributed by atoms with van der Waals surface area (Å²) in [6.07, 6.45) is 1.07. The van der Waals surface area contributed by atoms with Crippen LogP contribution >= 0.6 is 0 Å². The molecule has 2 aromatic rings. The molecule has 0 saturated carbocycles. The van der Waals surface area contributed by atoms with Gasteiger partial charge >= 0.3 is 0 Å². The molecule has 2 rings (SSSR count). The molecule has 3 heteroatoms. The first-order chi connectivity index (χ1) is 10.4. The summed E-state index contributed by atoms with van der Waals surface area (Å²) in [4.78, 5) is 0. The summed E-state index contributed by atoms with van der Waals surface area (Å²) in [5.74, 6) is 0.916. The van der Waals surface area contributed by atoms with Gasteiger partial charge in [0, 0.05) is 24.8 Å². The van der Waals surface area contributed by atoms with Gasteiger partial charge in [-0.15, -0.1) is 0 Å². The lowest BCUT2D eigenvalue weighted by Crippen LogP contribution is -2.24. The molecule has 0 aliphatic carbocycles. The number of ether oxygens (including phenoxy) is 1. The standard InChI is InChI=1S/C18H24N2O/c1-2-21-18-10-6-9-17(15-18)20-14-13-19-12-11-16-7-4-3-5-8-16/h3-10,15,19-20H,2,11-14H2,1H3. The van der Waals surface area contributed by atoms with Crippen molar-refractivity contribution in [2.45, 2.75) is 13.3 Å². The molecule has 3 nitrogen and oxygen atoms in total. The minimum absolute atomic E-state index is 0.699. The van der Waals surface area contributed by atoms with E-state index in [0.717, 1.165) is 37.5 Å². The Labute approximate surface area is 127 Å². The molecular weight excluding hydrogens is 260 g/mol. The topological polar surface area (TPSA) is 33.3 Å². The average Bonchev–Trinajstić information content (AvgIpc) is 2.52. The molecule has 0 radical (unpaired) electrons. The normalized spacial score (nSPS) is 10.3. The molecule has 0 spiro atoms. The van der Waals surface area contributed by atoms with Gasteiger partial charge in [-0.25, -0.2) is 0 Å². The molecule has 0 atom stereocenters. The molecular formula is C18H24N2O. The highest BCUT2D eigenvalue weighted by atomic mass is 16.5. The SMILES string of the molecule is CCOc1cccc(NCCNCCc2ccccc2)c1. The number of hydrogen-bond acceptors (Lipinski definition) is 3. The Bertz CT molecular complexity index is 514. The first-order valence-corrected chi connectivity index (χ1v) is 7.60. The van der Waals surface area contributed by atoms with Crippen LogP contribution in [0, 0.1) is 0 Å². The first kappa shape index (κ1) is 15.4. The number of anilines is 1. The van der Waals surface area contributed by atoms with Crippen LogP contribution in [-0.4, -0.2) is 26.2 Å². The molecule has 0 amide bonds. The van der Waals surface area contributed by atoms with Gasteiger partial charge in [-0.3, -0.25) is 0 Å². The van der Waals surface area contributed by atoms with Crippen molar-refractivity contribution in [3.8, 4) is 5.75 Å². The van der Waals surface area contributed by atoms with Gasteiger partial charge in [0.1, 0.15) is 5.75 Å². The van der Waals surface area contributed by atoms with Gasteiger partial charge in [-0.1, -0.05) is 36.4 Å². The summed E-state index contributed by atoms with van der Waals surface area (Å²) in [5.41, 5.74) is 2.48. The zero-order chi connectivity index (χ0) is 14.8. The Hall–Kier alpha value is -2.00. The van der Waals surface area contributed by atoms with Crippen molar-refractivity contribution in [2.75, 3.05) is 31.6 Å². The Morgan fingerprint density at radius 2 is 1.76 bits per heavy atom. The van der Waals surface area contributed by atoms with Crippen LogP contribution in [0.25, 0.3) is 0 Å². The van der Waals surface area contributed by atoms with Crippen LogP contribution in [0.15, 0.2) is 54.6 Å². The van der Waals surface area contributed by atoms with Crippen molar-refractivity contribution in [1.29, 1.82) is 0 Å². The quantitative estimate of drug-likeness (QED) is 0.693. The summed E-state index contributed by atoms with van der Waals surface area (Å²) in [7, 11) is 0. The zero-order valence-electron chi connectivity index (χ0n) is 12.6. The maximum absolute atomic E-state index is 5.48. The summed E-state index contributed by atoms with van der Waals surface area (Å²) in [5, 5.41) is 6.85. The highest BCUT2D eigenvalue weighted by molar-refractivity contribution is 5.48. The van der Waals surface area contributed by atoms with Gasteiger partial charge in [0.05, 0.1) is 6.61 Å². The van der Waals surface area contributed by atoms with E-state index >= 15 is 0 Å². The number of benzene rings is 2. The molecule has 0 aliphatic rings. The van der Waals surface area contributed by atoms with Gasteiger partial charge < -0.3 is 15.4 Å². The Morgan fingerprint density at radius 1 is 0.905 bits per heavy atom. The molecule has 0 bridgehead atoms. The van der Waals surface area contributed by atoms with Gasteiger partial charge in [-0.05, 0) is 37.6 Å². The zero-order valence-corrected chi connectivity index (χ0v) is 12.6. The summed E-state index contributed by atoms with van der Waals surface area (Å²) < 4.78 is 5.48. The molecule has 0 saturated heterocycles. The van der Waals surface area contributed by atoms with E-state index in [1.165, 1.54) is 5.56 Å². The van der Waals surface area contributed by atoms with Crippen LogP contribution in [0.2, 0.25) is 0 Å². The molecule has 0 aromatic heterocycles. The van der Waals surface area contributed by atoms with Crippen LogP contribution in [0.1, 0.15) is 12.5 Å². The fourth-order valence-electron chi connectivity index (χ4n) is 2.16. The van der Waals surface area contributed by atoms with Crippen LogP contribution in [-0.2, 0) is 6.42 Å². The highest BCUT2D eigenvalue weighted by Crippen LogP contribution is 2.16. The van der Waals surface area contributed by atoms with Crippen molar-refractivity contribution >= 4 is 5.69 Å². The van der Waals surface area contributed by atoms with Crippen molar-refractivity contribution < 1.29 is 4.74 Å². The van der Waals surface area contributed by atoms with E-state index in [4.69, 9.17) is 4.74 Å². The maximum atomic E-state index is 5.48. The summed E-state index contributed by atoms with van der Waals surface area (Å²) in [6, 6.07) is 18.6. The fraction of sp³-hybridized carbons (Fsp3) is 0.333. The molecule has 21 heavy (non-hydrogen) atoms. The minimum atomic E-state index is 0.699. The van der Waals surface area contributed by atoms with Crippen molar-refractivity contribution in [3.05, 3.63) is 60.2 Å². The summed E-state index contributed by atoms with van der Waals surface area (Å²) in [6.45, 7) is 5.56. The smallest absolute Gasteiger partial charge is 0.121 e. The minimum Gasteiger partial charge on any atom is -0.494 e. The van der Waals surface area contributed by atoms with Crippen LogP contribution in [0.4, 0.5) is 5.69 Å². The van der Waals surface area contributed by atoms with Crippen molar-refractivity contribution in [2.24, 2.45) is 0 Å². The summed E-state index contributed by atoms with van der Waals surface area (Å²) >= 11 is 0. The number of hydrogen-bond donors (Lipinski definition) is 2. The van der Waals surface area contributed by atoms with Gasteiger partial charge in [0.2, 0.25) is 0 Å². The average molecular weight is 284 g/mol. The second kappa shape index (κ2) is 9.03. The Balaban J connectivity index is 1.60. The van der Waals surface area contributed by atoms with E-state index in [2.05, 4.69) is 47.0 Å². The highest BCUT2D eigenvalue weighted by Gasteiger charge is 1.96. The second-order valence-electron chi connectivity index (χ2n) is 4.87. The lowest BCUT2D eigenvalue weighted by molar-refractivity contribution is 0.340. The lowest BCUT2D eigenvalue weighted by Gasteiger charge is -2.09. The van der Waals surface area contributed by atoms with E-state index in [-0.39, 0.29) is 0 Å². The van der Waals surface area contributed by atoms with E-state index in [1.807, 2.05) is 25.1 Å². The number of rotatable bonds is 9. The monoisotopic (exact) mass is 284 g/mol. The largest absolute Gasteiger partial charge is 0.494 e. The predicted octanol–water partition coefficient (Wildman–Crippen LogP) is 3.33. The van der Waals surface area contributed by atoms with E-state index in [9.17, 15) is 0 Å². The van der Waals surface area contributed by atoms with E-state index in [1.54, 1.807) is 0 Å². The van der Waals surface area contributed by atoms with E-state index < -0.39 is 0 Å². The molecule has 0 heterocycles. The third-order valence-corrected chi connectivity index (χ3v) is 3.21. The fourth-order valence-corrected chi connectivity index (χ4v) is 2.16. The van der Waals surface area contributed by atoms with Gasteiger partial charge in [0.15, 0.2) is 0 Å². The maximum Gasteiger partial charge on any atom is 0.121 e. The van der Waals surface area contributed by atoms with Gasteiger partial charge in [0.25, 0.3) is 0 Å². The number of nitrogens with one attached hydrogen (secondary N) is 2.